The first-order chi connectivity index (χ1) is 14.4. The molecule has 0 saturated carbocycles. The Kier molecular flexibility index (Phi) is 6.89. The first-order valence-corrected chi connectivity index (χ1v) is 10.4. The molecule has 7 nitrogen and oxygen atoms in total. The Balaban J connectivity index is 1.90. The topological polar surface area (TPSA) is 86.1 Å². The van der Waals surface area contributed by atoms with E-state index >= 15 is 0 Å². The van der Waals surface area contributed by atoms with Crippen LogP contribution in [0.25, 0.3) is 5.69 Å². The normalized spacial score (nSPS) is 10.7. The van der Waals surface area contributed by atoms with E-state index in [2.05, 4.69) is 15.5 Å². The summed E-state index contributed by atoms with van der Waals surface area (Å²) in [5.41, 5.74) is 4.64. The number of aryl methyl sites for hydroxylation is 3. The second-order valence-corrected chi connectivity index (χ2v) is 7.88. The van der Waals surface area contributed by atoms with Gasteiger partial charge in [-0.25, -0.2) is 0 Å². The molecule has 0 saturated heterocycles. The molecule has 0 aliphatic carbocycles. The highest BCUT2D eigenvalue weighted by atomic mass is 32.2. The number of esters is 1. The molecule has 0 fully saturated rings. The van der Waals surface area contributed by atoms with E-state index in [0.29, 0.717) is 16.5 Å². The van der Waals surface area contributed by atoms with Crippen LogP contribution in [0.4, 0.5) is 0 Å². The van der Waals surface area contributed by atoms with Crippen LogP contribution in [-0.4, -0.2) is 39.5 Å². The van der Waals surface area contributed by atoms with Crippen molar-refractivity contribution in [1.82, 2.24) is 20.1 Å². The molecule has 0 atom stereocenters. The molecule has 0 aliphatic rings. The second-order valence-electron chi connectivity index (χ2n) is 6.94. The number of nitrogens with one attached hydrogen (secondary N) is 1. The molecule has 156 valence electrons. The maximum atomic E-state index is 12.6. The Morgan fingerprint density at radius 2 is 1.83 bits per heavy atom. The zero-order valence-electron chi connectivity index (χ0n) is 17.4. The molecule has 0 aliphatic heterocycles. The summed E-state index contributed by atoms with van der Waals surface area (Å²) in [4.78, 5) is 24.2. The number of hydrogen-bond donors (Lipinski definition) is 1. The number of carbonyl (C=O) groups excluding carboxylic acids is 2. The maximum Gasteiger partial charge on any atom is 0.316 e. The number of benzene rings is 2. The molecule has 0 unspecified atom stereocenters. The molecule has 0 spiro atoms. The number of rotatable bonds is 7. The SMILES string of the molecule is COC(=O)CSc1nnc(CNC(=O)c2cccc(C)c2)n1-c1cc(C)ccc1C. The Labute approximate surface area is 179 Å². The summed E-state index contributed by atoms with van der Waals surface area (Å²) < 4.78 is 6.61. The van der Waals surface area contributed by atoms with E-state index < -0.39 is 0 Å². The molecule has 1 aromatic heterocycles. The number of methoxy groups -OCH3 is 1. The van der Waals surface area contributed by atoms with Gasteiger partial charge >= 0.3 is 5.97 Å². The third-order valence-corrected chi connectivity index (χ3v) is 5.44. The highest BCUT2D eigenvalue weighted by molar-refractivity contribution is 7.99. The quantitative estimate of drug-likeness (QED) is 0.462. The predicted molar refractivity (Wildman–Crippen MR) is 116 cm³/mol. The average Bonchev–Trinajstić information content (AvgIpc) is 3.14. The lowest BCUT2D eigenvalue weighted by atomic mass is 10.1. The van der Waals surface area contributed by atoms with Gasteiger partial charge in [-0.15, -0.1) is 10.2 Å². The van der Waals surface area contributed by atoms with Gasteiger partial charge in [-0.05, 0) is 50.1 Å². The fraction of sp³-hybridized carbons (Fsp3) is 0.273. The summed E-state index contributed by atoms with van der Waals surface area (Å²) in [6.07, 6.45) is 0. The van der Waals surface area contributed by atoms with Gasteiger partial charge in [0.1, 0.15) is 0 Å². The number of hydrogen-bond acceptors (Lipinski definition) is 6. The van der Waals surface area contributed by atoms with Gasteiger partial charge in [0.05, 0.1) is 25.1 Å². The Morgan fingerprint density at radius 1 is 1.07 bits per heavy atom. The van der Waals surface area contributed by atoms with Crippen molar-refractivity contribution in [3.8, 4) is 5.69 Å². The van der Waals surface area contributed by atoms with Crippen molar-refractivity contribution < 1.29 is 14.3 Å². The molecule has 1 heterocycles. The number of amides is 1. The third-order valence-electron chi connectivity index (χ3n) is 4.54. The van der Waals surface area contributed by atoms with Crippen LogP contribution in [-0.2, 0) is 16.1 Å². The molecule has 0 bridgehead atoms. The van der Waals surface area contributed by atoms with Gasteiger partial charge in [0.2, 0.25) is 0 Å². The summed E-state index contributed by atoms with van der Waals surface area (Å²) >= 11 is 1.24. The fourth-order valence-corrected chi connectivity index (χ4v) is 3.74. The lowest BCUT2D eigenvalue weighted by Gasteiger charge is -2.14. The van der Waals surface area contributed by atoms with Crippen LogP contribution in [0.5, 0.6) is 0 Å². The molecule has 3 aromatic rings. The van der Waals surface area contributed by atoms with Gasteiger partial charge in [-0.2, -0.15) is 0 Å². The van der Waals surface area contributed by atoms with Crippen LogP contribution in [0.3, 0.4) is 0 Å². The summed E-state index contributed by atoms with van der Waals surface area (Å²) in [7, 11) is 1.35. The average molecular weight is 425 g/mol. The largest absolute Gasteiger partial charge is 0.468 e. The molecular weight excluding hydrogens is 400 g/mol. The predicted octanol–water partition coefficient (Wildman–Crippen LogP) is 3.39. The molecule has 3 rings (SSSR count). The second kappa shape index (κ2) is 9.58. The summed E-state index contributed by atoms with van der Waals surface area (Å²) in [6.45, 7) is 6.15. The monoisotopic (exact) mass is 424 g/mol. The van der Waals surface area contributed by atoms with Crippen molar-refractivity contribution in [2.75, 3.05) is 12.9 Å². The highest BCUT2D eigenvalue weighted by Gasteiger charge is 2.18. The Morgan fingerprint density at radius 3 is 2.57 bits per heavy atom. The number of carbonyl (C=O) groups is 2. The van der Waals surface area contributed by atoms with E-state index in [1.165, 1.54) is 18.9 Å². The molecule has 8 heteroatoms. The van der Waals surface area contributed by atoms with Crippen LogP contribution in [0, 0.1) is 20.8 Å². The molecule has 2 aromatic carbocycles. The highest BCUT2D eigenvalue weighted by Crippen LogP contribution is 2.25. The Hall–Kier alpha value is -3.13. The van der Waals surface area contributed by atoms with Crippen molar-refractivity contribution in [3.05, 3.63) is 70.5 Å². The zero-order chi connectivity index (χ0) is 21.7. The molecular formula is C22H24N4O3S. The molecule has 1 N–H and O–H groups in total. The van der Waals surface area contributed by atoms with E-state index in [-0.39, 0.29) is 24.2 Å². The van der Waals surface area contributed by atoms with Gasteiger partial charge in [0.15, 0.2) is 11.0 Å². The fourth-order valence-electron chi connectivity index (χ4n) is 2.94. The van der Waals surface area contributed by atoms with Gasteiger partial charge in [0, 0.05) is 5.56 Å². The van der Waals surface area contributed by atoms with E-state index in [0.717, 1.165) is 22.4 Å². The van der Waals surface area contributed by atoms with Crippen molar-refractivity contribution >= 4 is 23.6 Å². The van der Waals surface area contributed by atoms with Crippen LogP contribution >= 0.6 is 11.8 Å². The van der Waals surface area contributed by atoms with Gasteiger partial charge in [-0.1, -0.05) is 41.6 Å². The van der Waals surface area contributed by atoms with Crippen LogP contribution in [0.1, 0.15) is 32.9 Å². The summed E-state index contributed by atoms with van der Waals surface area (Å²) in [5, 5.41) is 12.0. The third kappa shape index (κ3) is 5.07. The van der Waals surface area contributed by atoms with Crippen LogP contribution in [0.2, 0.25) is 0 Å². The summed E-state index contributed by atoms with van der Waals surface area (Å²) in [5.74, 6) is 0.176. The minimum Gasteiger partial charge on any atom is -0.468 e. The zero-order valence-corrected chi connectivity index (χ0v) is 18.2. The van der Waals surface area contributed by atoms with Crippen molar-refractivity contribution in [2.24, 2.45) is 0 Å². The minimum atomic E-state index is -0.343. The smallest absolute Gasteiger partial charge is 0.316 e. The lowest BCUT2D eigenvalue weighted by molar-refractivity contribution is -0.137. The van der Waals surface area contributed by atoms with Gasteiger partial charge < -0.3 is 10.1 Å². The van der Waals surface area contributed by atoms with E-state index in [9.17, 15) is 9.59 Å². The standard InChI is InChI=1S/C22H24N4O3S/c1-14-6-5-7-17(10-14)21(28)23-12-19-24-25-22(30-13-20(27)29-4)26(19)18-11-15(2)8-9-16(18)3/h5-11H,12-13H2,1-4H3,(H,23,28). The molecule has 0 radical (unpaired) electrons. The number of nitrogens with zero attached hydrogens (tertiary/aromatic N) is 3. The van der Waals surface area contributed by atoms with Crippen molar-refractivity contribution in [3.63, 3.8) is 0 Å². The first kappa shape index (κ1) is 21.6. The number of thioether (sulfide) groups is 1. The van der Waals surface area contributed by atoms with Gasteiger partial charge in [0.25, 0.3) is 5.91 Å². The minimum absolute atomic E-state index is 0.120. The Bertz CT molecular complexity index is 1080. The van der Waals surface area contributed by atoms with E-state index in [1.54, 1.807) is 6.07 Å². The number of aromatic nitrogens is 3. The van der Waals surface area contributed by atoms with E-state index in [1.807, 2.05) is 61.7 Å². The molecule has 30 heavy (non-hydrogen) atoms. The molecule has 1 amide bonds. The van der Waals surface area contributed by atoms with E-state index in [4.69, 9.17) is 4.74 Å². The lowest BCUT2D eigenvalue weighted by Crippen LogP contribution is -2.24. The summed E-state index contributed by atoms with van der Waals surface area (Å²) in [6, 6.07) is 13.5. The van der Waals surface area contributed by atoms with Crippen LogP contribution in [0.15, 0.2) is 47.6 Å². The first-order valence-electron chi connectivity index (χ1n) is 9.45. The van der Waals surface area contributed by atoms with Gasteiger partial charge in [-0.3, -0.25) is 14.2 Å². The maximum absolute atomic E-state index is 12.6. The van der Waals surface area contributed by atoms with Crippen molar-refractivity contribution in [1.29, 1.82) is 0 Å². The van der Waals surface area contributed by atoms with Crippen LogP contribution < -0.4 is 5.32 Å². The van der Waals surface area contributed by atoms with Crippen molar-refractivity contribution in [2.45, 2.75) is 32.5 Å². The number of ether oxygens (including phenoxy) is 1.